The Balaban J connectivity index is 1.72. The van der Waals surface area contributed by atoms with Crippen molar-refractivity contribution in [3.63, 3.8) is 0 Å². The number of amides is 1. The van der Waals surface area contributed by atoms with Gasteiger partial charge in [0.1, 0.15) is 11.6 Å². The predicted octanol–water partition coefficient (Wildman–Crippen LogP) is 2.61. The minimum Gasteiger partial charge on any atom is -0.507 e. The molecular formula is C19H21FN2O3. The van der Waals surface area contributed by atoms with E-state index in [1.165, 1.54) is 12.1 Å². The summed E-state index contributed by atoms with van der Waals surface area (Å²) in [6.07, 6.45) is 0. The number of hydrogen-bond donors (Lipinski definition) is 2. The lowest BCUT2D eigenvalue weighted by molar-refractivity contribution is 0.0947. The maximum atomic E-state index is 12.9. The fourth-order valence-electron chi connectivity index (χ4n) is 2.92. The number of carbonyl (C=O) groups excluding carboxylic acids is 1. The molecule has 2 aromatic rings. The van der Waals surface area contributed by atoms with Gasteiger partial charge in [-0.15, -0.1) is 0 Å². The molecule has 0 aromatic heterocycles. The molecule has 5 nitrogen and oxygen atoms in total. The number of nitrogens with zero attached hydrogens (tertiary/aromatic N) is 1. The van der Waals surface area contributed by atoms with Gasteiger partial charge in [0.15, 0.2) is 0 Å². The fourth-order valence-corrected chi connectivity index (χ4v) is 2.92. The number of aryl methyl sites for hydroxylation is 1. The highest BCUT2D eigenvalue weighted by Gasteiger charge is 2.18. The molecule has 1 heterocycles. The van der Waals surface area contributed by atoms with E-state index < -0.39 is 0 Å². The zero-order valence-corrected chi connectivity index (χ0v) is 14.1. The summed E-state index contributed by atoms with van der Waals surface area (Å²) in [6, 6.07) is 9.44. The Bertz CT molecular complexity index is 733. The number of phenols is 1. The minimum atomic E-state index is -0.354. The lowest BCUT2D eigenvalue weighted by atomic mass is 10.0. The Morgan fingerprint density at radius 1 is 1.24 bits per heavy atom. The lowest BCUT2D eigenvalue weighted by Gasteiger charge is -2.29. The molecule has 2 aromatic carbocycles. The summed E-state index contributed by atoms with van der Waals surface area (Å²) in [5.41, 5.74) is 2.64. The normalized spacial score (nSPS) is 14.4. The van der Waals surface area contributed by atoms with Gasteiger partial charge in [-0.05, 0) is 36.2 Å². The number of phenolic OH excluding ortho intramolecular Hbond substituents is 1. The van der Waals surface area contributed by atoms with Crippen LogP contribution in [0.3, 0.4) is 0 Å². The van der Waals surface area contributed by atoms with Crippen LogP contribution in [-0.2, 0) is 11.3 Å². The zero-order chi connectivity index (χ0) is 17.8. The van der Waals surface area contributed by atoms with E-state index in [4.69, 9.17) is 4.74 Å². The summed E-state index contributed by atoms with van der Waals surface area (Å²) in [5, 5.41) is 13.1. The number of halogens is 1. The molecule has 0 unspecified atom stereocenters. The van der Waals surface area contributed by atoms with E-state index in [-0.39, 0.29) is 29.6 Å². The highest BCUT2D eigenvalue weighted by molar-refractivity contribution is 5.98. The van der Waals surface area contributed by atoms with Crippen LogP contribution in [0.2, 0.25) is 0 Å². The number of anilines is 1. The Labute approximate surface area is 146 Å². The standard InChI is InChI=1S/C19H21FN2O3/c1-13-10-16(22-6-8-25-9-7-22)11-17(23)18(13)19(24)21-12-14-2-4-15(20)5-3-14/h2-5,10-11,23H,6-9,12H2,1H3,(H,21,24). The van der Waals surface area contributed by atoms with Crippen molar-refractivity contribution in [2.45, 2.75) is 13.5 Å². The van der Waals surface area contributed by atoms with Gasteiger partial charge >= 0.3 is 0 Å². The van der Waals surface area contributed by atoms with Crippen molar-refractivity contribution in [2.24, 2.45) is 0 Å². The topological polar surface area (TPSA) is 61.8 Å². The number of aromatic hydroxyl groups is 1. The summed E-state index contributed by atoms with van der Waals surface area (Å²) in [6.45, 7) is 4.89. The molecule has 6 heteroatoms. The van der Waals surface area contributed by atoms with Gasteiger partial charge in [0.2, 0.25) is 0 Å². The Morgan fingerprint density at radius 2 is 1.92 bits per heavy atom. The van der Waals surface area contributed by atoms with Gasteiger partial charge in [0, 0.05) is 31.4 Å². The van der Waals surface area contributed by atoms with Crippen LogP contribution in [0.5, 0.6) is 5.75 Å². The molecule has 1 amide bonds. The highest BCUT2D eigenvalue weighted by atomic mass is 19.1. The largest absolute Gasteiger partial charge is 0.507 e. The van der Waals surface area contributed by atoms with Crippen LogP contribution in [0.4, 0.5) is 10.1 Å². The van der Waals surface area contributed by atoms with Crippen LogP contribution in [-0.4, -0.2) is 37.3 Å². The maximum absolute atomic E-state index is 12.9. The van der Waals surface area contributed by atoms with Gasteiger partial charge in [-0.25, -0.2) is 4.39 Å². The number of carbonyl (C=O) groups is 1. The van der Waals surface area contributed by atoms with Crippen LogP contribution < -0.4 is 10.2 Å². The summed E-state index contributed by atoms with van der Waals surface area (Å²) in [4.78, 5) is 14.6. The lowest BCUT2D eigenvalue weighted by Crippen LogP contribution is -2.36. The van der Waals surface area contributed by atoms with Crippen LogP contribution in [0, 0.1) is 12.7 Å². The van der Waals surface area contributed by atoms with Gasteiger partial charge in [0.05, 0.1) is 18.8 Å². The molecule has 0 aliphatic carbocycles. The van der Waals surface area contributed by atoms with Gasteiger partial charge in [-0.1, -0.05) is 12.1 Å². The fraction of sp³-hybridized carbons (Fsp3) is 0.316. The van der Waals surface area contributed by atoms with Crippen molar-refractivity contribution in [3.8, 4) is 5.75 Å². The van der Waals surface area contributed by atoms with Gasteiger partial charge in [-0.3, -0.25) is 4.79 Å². The van der Waals surface area contributed by atoms with E-state index >= 15 is 0 Å². The molecule has 0 bridgehead atoms. The number of nitrogens with one attached hydrogen (secondary N) is 1. The molecule has 1 aliphatic heterocycles. The summed E-state index contributed by atoms with van der Waals surface area (Å²) in [7, 11) is 0. The molecule has 1 aliphatic rings. The third kappa shape index (κ3) is 4.09. The molecule has 1 fully saturated rings. The smallest absolute Gasteiger partial charge is 0.255 e. The van der Waals surface area contributed by atoms with Gasteiger partial charge in [0.25, 0.3) is 5.91 Å². The highest BCUT2D eigenvalue weighted by Crippen LogP contribution is 2.29. The molecule has 0 radical (unpaired) electrons. The molecule has 25 heavy (non-hydrogen) atoms. The molecule has 2 N–H and O–H groups in total. The first-order valence-electron chi connectivity index (χ1n) is 8.23. The van der Waals surface area contributed by atoms with Crippen molar-refractivity contribution in [1.29, 1.82) is 0 Å². The predicted molar refractivity (Wildman–Crippen MR) is 93.4 cm³/mol. The zero-order valence-electron chi connectivity index (χ0n) is 14.1. The second-order valence-electron chi connectivity index (χ2n) is 6.07. The van der Waals surface area contributed by atoms with E-state index in [9.17, 15) is 14.3 Å². The van der Waals surface area contributed by atoms with Gasteiger partial charge < -0.3 is 20.1 Å². The minimum absolute atomic E-state index is 0.0434. The molecule has 0 atom stereocenters. The van der Waals surface area contributed by atoms with Crippen molar-refractivity contribution in [3.05, 3.63) is 58.9 Å². The maximum Gasteiger partial charge on any atom is 0.255 e. The van der Waals surface area contributed by atoms with Crippen molar-refractivity contribution < 1.29 is 19.0 Å². The SMILES string of the molecule is Cc1cc(N2CCOCC2)cc(O)c1C(=O)NCc1ccc(F)cc1. The quantitative estimate of drug-likeness (QED) is 0.895. The third-order valence-corrected chi connectivity index (χ3v) is 4.27. The first-order valence-corrected chi connectivity index (χ1v) is 8.23. The van der Waals surface area contributed by atoms with Crippen LogP contribution in [0.1, 0.15) is 21.5 Å². The Kier molecular flexibility index (Phi) is 5.19. The van der Waals surface area contributed by atoms with E-state index in [0.717, 1.165) is 24.3 Å². The monoisotopic (exact) mass is 344 g/mol. The Morgan fingerprint density at radius 3 is 2.56 bits per heavy atom. The summed E-state index contributed by atoms with van der Waals surface area (Å²) in [5.74, 6) is -0.715. The Hall–Kier alpha value is -2.60. The number of rotatable bonds is 4. The molecular weight excluding hydrogens is 323 g/mol. The first kappa shape index (κ1) is 17.2. The van der Waals surface area contributed by atoms with E-state index in [1.54, 1.807) is 25.1 Å². The second kappa shape index (κ2) is 7.53. The van der Waals surface area contributed by atoms with Crippen molar-refractivity contribution >= 4 is 11.6 Å². The average Bonchev–Trinajstić information content (AvgIpc) is 2.61. The summed E-state index contributed by atoms with van der Waals surface area (Å²) >= 11 is 0. The number of morpholine rings is 1. The number of benzene rings is 2. The average molecular weight is 344 g/mol. The molecule has 3 rings (SSSR count). The summed E-state index contributed by atoms with van der Waals surface area (Å²) < 4.78 is 18.2. The van der Waals surface area contributed by atoms with Crippen molar-refractivity contribution in [1.82, 2.24) is 5.32 Å². The van der Waals surface area contributed by atoms with E-state index in [1.807, 2.05) is 6.07 Å². The van der Waals surface area contributed by atoms with E-state index in [0.29, 0.717) is 18.8 Å². The van der Waals surface area contributed by atoms with Crippen LogP contribution in [0.25, 0.3) is 0 Å². The van der Waals surface area contributed by atoms with Crippen LogP contribution in [0.15, 0.2) is 36.4 Å². The van der Waals surface area contributed by atoms with Crippen LogP contribution >= 0.6 is 0 Å². The number of hydrogen-bond acceptors (Lipinski definition) is 4. The molecule has 132 valence electrons. The number of ether oxygens (including phenoxy) is 1. The third-order valence-electron chi connectivity index (χ3n) is 4.27. The van der Waals surface area contributed by atoms with E-state index in [2.05, 4.69) is 10.2 Å². The van der Waals surface area contributed by atoms with Crippen molar-refractivity contribution in [2.75, 3.05) is 31.2 Å². The molecule has 1 saturated heterocycles. The second-order valence-corrected chi connectivity index (χ2v) is 6.07. The molecule has 0 saturated carbocycles. The molecule has 0 spiro atoms. The van der Waals surface area contributed by atoms with Gasteiger partial charge in [-0.2, -0.15) is 0 Å². The first-order chi connectivity index (χ1) is 12.0.